The molecule has 0 aromatic carbocycles. The van der Waals surface area contributed by atoms with E-state index in [1.165, 1.54) is 6.92 Å². The summed E-state index contributed by atoms with van der Waals surface area (Å²) in [6, 6.07) is 0. The van der Waals surface area contributed by atoms with Crippen LogP contribution in [0.15, 0.2) is 11.6 Å². The minimum atomic E-state index is -2.01. The van der Waals surface area contributed by atoms with Gasteiger partial charge in [0.05, 0.1) is 56.8 Å². The fourth-order valence-electron chi connectivity index (χ4n) is 18.1. The number of esters is 1. The van der Waals surface area contributed by atoms with Crippen LogP contribution in [0.25, 0.3) is 0 Å². The molecule has 512 valence electrons. The number of carbonyl (C=O) groups is 1. The highest BCUT2D eigenvalue weighted by atomic mass is 16.8. The summed E-state index contributed by atoms with van der Waals surface area (Å²) in [5, 5.41) is 197. The van der Waals surface area contributed by atoms with E-state index in [-0.39, 0.29) is 23.7 Å². The van der Waals surface area contributed by atoms with E-state index in [0.717, 1.165) is 5.57 Å². The molecule has 5 heterocycles. The first kappa shape index (κ1) is 69.9. The van der Waals surface area contributed by atoms with Crippen molar-refractivity contribution < 1.29 is 144 Å². The second-order valence-corrected chi connectivity index (χ2v) is 29.1. The van der Waals surface area contributed by atoms with Gasteiger partial charge in [0.15, 0.2) is 31.3 Å². The first-order chi connectivity index (χ1) is 41.8. The fourth-order valence-corrected chi connectivity index (χ4v) is 18.1. The van der Waals surface area contributed by atoms with E-state index < -0.39 is 238 Å². The Hall–Kier alpha value is -1.87. The minimum Gasteiger partial charge on any atom is -0.432 e. The lowest BCUT2D eigenvalue weighted by Gasteiger charge is -2.72. The summed E-state index contributed by atoms with van der Waals surface area (Å²) >= 11 is 0. The van der Waals surface area contributed by atoms with E-state index >= 15 is 4.79 Å². The van der Waals surface area contributed by atoms with Crippen LogP contribution in [-0.4, -0.2) is 297 Å². The lowest BCUT2D eigenvalue weighted by molar-refractivity contribution is -0.387. The Morgan fingerprint density at radius 3 is 1.52 bits per heavy atom. The van der Waals surface area contributed by atoms with Gasteiger partial charge in [-0.05, 0) is 104 Å². The lowest BCUT2D eigenvalue weighted by atomic mass is 9.33. The molecule has 29 nitrogen and oxygen atoms in total. The van der Waals surface area contributed by atoms with Crippen molar-refractivity contribution in [3.63, 3.8) is 0 Å². The summed E-state index contributed by atoms with van der Waals surface area (Å²) < 4.78 is 60.3. The summed E-state index contributed by atoms with van der Waals surface area (Å²) in [6.45, 7) is 10.2. The molecule has 35 atom stereocenters. The van der Waals surface area contributed by atoms with Gasteiger partial charge in [0.25, 0.3) is 0 Å². The molecule has 0 bridgehead atoms. The highest BCUT2D eigenvalue weighted by Gasteiger charge is 2.72. The van der Waals surface area contributed by atoms with E-state index in [0.29, 0.717) is 51.4 Å². The van der Waals surface area contributed by atoms with Gasteiger partial charge in [-0.15, -0.1) is 0 Å². The van der Waals surface area contributed by atoms with Crippen molar-refractivity contribution in [1.82, 2.24) is 0 Å². The molecule has 0 radical (unpaired) electrons. The van der Waals surface area contributed by atoms with Gasteiger partial charge in [-0.3, -0.25) is 4.79 Å². The predicted molar refractivity (Wildman–Crippen MR) is 297 cm³/mol. The number of hydrogen-bond donors (Lipinski definition) is 18. The van der Waals surface area contributed by atoms with Crippen molar-refractivity contribution in [3.05, 3.63) is 11.6 Å². The van der Waals surface area contributed by atoms with E-state index in [9.17, 15) is 91.9 Å². The van der Waals surface area contributed by atoms with Gasteiger partial charge in [0.1, 0.15) is 110 Å². The number of allylic oxidation sites excluding steroid dienone is 2. The third kappa shape index (κ3) is 11.6. The molecular weight excluding hydrogens is 1180 g/mol. The highest BCUT2D eigenvalue weighted by Crippen LogP contribution is 2.76. The highest BCUT2D eigenvalue weighted by molar-refractivity contribution is 5.79. The van der Waals surface area contributed by atoms with Crippen LogP contribution in [0.4, 0.5) is 0 Å². The molecule has 18 N–H and O–H groups in total. The van der Waals surface area contributed by atoms with Crippen LogP contribution in [0.3, 0.4) is 0 Å². The summed E-state index contributed by atoms with van der Waals surface area (Å²) in [7, 11) is 0. The SMILES string of the molecule is C[C@@H]1O[C@@H](O[C@H]2[C@H](OC(=O)[C@]34CCC(C)(C)C[C@H]3C3=CC[C@@H]5[C@@]6(C)C[C@H](O)[C@H](O[C@@H]7O[C@H](CO)[C@@H](O)[C@H](O[C@@H]8O[C@H](CO)[C@@H](O)[C@H](O)[C@H]8O)[C@H]7O)[C@@](C)(CO)[C@@H]6CC[C@@]5(C)[C@]3(C)CC4)O[C@H](CO)[C@@H](O)[C@@H]2O[C@@H]2O[C@H](CO)[C@H](O)[C@H](O)[C@H]2O)[C@H](O)[C@H](O)[C@H]1O. The van der Waals surface area contributed by atoms with Crippen molar-refractivity contribution in [2.45, 2.75) is 272 Å². The Balaban J connectivity index is 0.930. The molecule has 0 amide bonds. The van der Waals surface area contributed by atoms with E-state index in [1.807, 2.05) is 0 Å². The predicted octanol–water partition coefficient (Wildman–Crippen LogP) is -5.24. The van der Waals surface area contributed by atoms with Crippen LogP contribution in [0.5, 0.6) is 0 Å². The minimum absolute atomic E-state index is 0.141. The zero-order valence-corrected chi connectivity index (χ0v) is 51.3. The molecule has 5 aliphatic heterocycles. The number of ether oxygens (including phenoxy) is 10. The second-order valence-electron chi connectivity index (χ2n) is 29.1. The molecule has 0 unspecified atom stereocenters. The number of aliphatic hydroxyl groups is 18. The molecule has 0 aromatic rings. The molecule has 29 heteroatoms. The largest absolute Gasteiger partial charge is 0.432 e. The third-order valence-electron chi connectivity index (χ3n) is 23.6. The molecule has 89 heavy (non-hydrogen) atoms. The van der Waals surface area contributed by atoms with E-state index in [2.05, 4.69) is 40.7 Å². The Labute approximate surface area is 515 Å². The summed E-state index contributed by atoms with van der Waals surface area (Å²) in [5.74, 6) is -1.65. The molecule has 9 fully saturated rings. The second kappa shape index (κ2) is 25.9. The molecule has 4 saturated carbocycles. The van der Waals surface area contributed by atoms with Crippen molar-refractivity contribution in [3.8, 4) is 0 Å². The quantitative estimate of drug-likeness (QED) is 0.0414. The summed E-state index contributed by atoms with van der Waals surface area (Å²) in [5.41, 5.74) is -3.50. The monoisotopic (exact) mass is 1280 g/mol. The Morgan fingerprint density at radius 2 is 0.966 bits per heavy atom. The van der Waals surface area contributed by atoms with Crippen LogP contribution in [0, 0.1) is 50.2 Å². The molecule has 5 aliphatic carbocycles. The Bertz CT molecular complexity index is 2480. The van der Waals surface area contributed by atoms with Gasteiger partial charge in [-0.25, -0.2) is 0 Å². The zero-order valence-electron chi connectivity index (χ0n) is 51.3. The normalized spacial score (nSPS) is 55.0. The maximum Gasteiger partial charge on any atom is 0.315 e. The number of aliphatic hydroxyl groups excluding tert-OH is 18. The molecule has 10 rings (SSSR count). The first-order valence-corrected chi connectivity index (χ1v) is 31.5. The fraction of sp³-hybridized carbons (Fsp3) is 0.950. The average molecular weight is 1280 g/mol. The van der Waals surface area contributed by atoms with Gasteiger partial charge in [-0.1, -0.05) is 53.2 Å². The van der Waals surface area contributed by atoms with Gasteiger partial charge >= 0.3 is 5.97 Å². The van der Waals surface area contributed by atoms with Gasteiger partial charge < -0.3 is 139 Å². The molecular formula is C60H98O29. The van der Waals surface area contributed by atoms with Gasteiger partial charge in [0.2, 0.25) is 6.29 Å². The lowest BCUT2D eigenvalue weighted by Crippen LogP contribution is -2.70. The maximum absolute atomic E-state index is 15.8. The molecule has 5 saturated heterocycles. The average Bonchev–Trinajstić information content (AvgIpc) is 0.682. The molecule has 0 aromatic heterocycles. The molecule has 0 spiro atoms. The van der Waals surface area contributed by atoms with Gasteiger partial charge in [-0.2, -0.15) is 0 Å². The number of carbonyl (C=O) groups excluding carboxylic acids is 1. The maximum atomic E-state index is 15.8. The van der Waals surface area contributed by atoms with Crippen molar-refractivity contribution in [1.29, 1.82) is 0 Å². The van der Waals surface area contributed by atoms with E-state index in [4.69, 9.17) is 47.4 Å². The standard InChI is InChI=1S/C60H98O29/c1-23-33(67)38(72)41(75)49(80-23)87-47-46(86-51-43(77)40(74)35(69)28(19-62)82-51)37(71)30(21-64)84-53(47)89-54(79)60-14-12-55(2,3)16-25(60)24-8-9-32-56(4)17-26(66)48(57(5,22-65)31(56)10-11-59(32,7)58(24,6)13-15-60)88-52-44(78)45(36(70)29(20-63)83-52)85-50-42(76)39(73)34(68)27(18-61)81-50/h8,23,25-53,61-78H,9-22H2,1-7H3/t23-,25-,26-,27+,28+,29+,30+,31+,32+,33-,34+,35-,36+,37+,38+,39-,40-,41+,42+,43+,44+,45-,46-,47+,48-,49-,50-,51-,52-,53-,56-,57-,58+,59+,60-/m0/s1. The van der Waals surface area contributed by atoms with Crippen LogP contribution >= 0.6 is 0 Å². The molecule has 10 aliphatic rings. The van der Waals surface area contributed by atoms with Crippen molar-refractivity contribution in [2.24, 2.45) is 50.2 Å². The Kier molecular flexibility index (Phi) is 20.4. The Morgan fingerprint density at radius 1 is 0.494 bits per heavy atom. The van der Waals surface area contributed by atoms with Crippen LogP contribution in [0.1, 0.15) is 106 Å². The topological polar surface area (TPSA) is 474 Å². The van der Waals surface area contributed by atoms with Gasteiger partial charge in [0, 0.05) is 5.41 Å². The number of hydrogen-bond acceptors (Lipinski definition) is 29. The summed E-state index contributed by atoms with van der Waals surface area (Å²) in [4.78, 5) is 15.8. The van der Waals surface area contributed by atoms with Crippen molar-refractivity contribution in [2.75, 3.05) is 33.0 Å². The zero-order chi connectivity index (χ0) is 65.2. The summed E-state index contributed by atoms with van der Waals surface area (Å²) in [6.07, 6.45) is -40.1. The van der Waals surface area contributed by atoms with E-state index in [1.54, 1.807) is 6.92 Å². The smallest absolute Gasteiger partial charge is 0.315 e. The van der Waals surface area contributed by atoms with Crippen molar-refractivity contribution >= 4 is 5.97 Å². The van der Waals surface area contributed by atoms with Crippen LogP contribution in [-0.2, 0) is 52.2 Å². The first-order valence-electron chi connectivity index (χ1n) is 31.5. The number of rotatable bonds is 15. The third-order valence-corrected chi connectivity index (χ3v) is 23.6. The number of fused-ring (bicyclic) bond motifs is 7. The van der Waals surface area contributed by atoms with Crippen LogP contribution < -0.4 is 0 Å². The van der Waals surface area contributed by atoms with Crippen LogP contribution in [0.2, 0.25) is 0 Å².